The van der Waals surface area contributed by atoms with Gasteiger partial charge in [0.15, 0.2) is 0 Å². The van der Waals surface area contributed by atoms with E-state index < -0.39 is 11.8 Å². The van der Waals surface area contributed by atoms with Crippen LogP contribution >= 0.6 is 0 Å². The van der Waals surface area contributed by atoms with Crippen LogP contribution in [-0.2, 0) is 4.79 Å². The molecule has 0 fully saturated rings. The van der Waals surface area contributed by atoms with Gasteiger partial charge in [0.2, 0.25) is 0 Å². The molecule has 0 aliphatic heterocycles. The minimum absolute atomic E-state index is 0.387. The molecule has 1 aromatic heterocycles. The summed E-state index contributed by atoms with van der Waals surface area (Å²) in [5.41, 5.74) is 0.883. The first-order valence-corrected chi connectivity index (χ1v) is 5.29. The van der Waals surface area contributed by atoms with E-state index >= 15 is 0 Å². The van der Waals surface area contributed by atoms with E-state index in [1.165, 1.54) is 12.1 Å². The Morgan fingerprint density at radius 3 is 2.83 bits per heavy atom. The summed E-state index contributed by atoms with van der Waals surface area (Å²) in [5, 5.41) is 8.49. The van der Waals surface area contributed by atoms with E-state index in [2.05, 4.69) is 4.98 Å². The van der Waals surface area contributed by atoms with Crippen LogP contribution in [0.3, 0.4) is 0 Å². The molecule has 0 aliphatic rings. The van der Waals surface area contributed by atoms with Crippen molar-refractivity contribution in [3.8, 4) is 5.69 Å². The highest BCUT2D eigenvalue weighted by Gasteiger charge is 2.06. The van der Waals surface area contributed by atoms with Crippen molar-refractivity contribution in [2.24, 2.45) is 0 Å². The standard InChI is InChI=1S/C13H11FN2O2/c1-9-15-6-7-16(9)12-4-2-10(8-11(12)14)3-5-13(17)18/h2-8H,1H3,(H,17,18)/b5-3+. The van der Waals surface area contributed by atoms with Gasteiger partial charge in [0.25, 0.3) is 0 Å². The highest BCUT2D eigenvalue weighted by atomic mass is 19.1. The Hall–Kier alpha value is -2.43. The third-order valence-electron chi connectivity index (χ3n) is 2.48. The molecule has 0 unspecified atom stereocenters. The second-order valence-corrected chi connectivity index (χ2v) is 3.73. The van der Waals surface area contributed by atoms with Gasteiger partial charge in [-0.3, -0.25) is 0 Å². The largest absolute Gasteiger partial charge is 0.478 e. The number of aliphatic carboxylic acids is 1. The Bertz CT molecular complexity index is 617. The lowest BCUT2D eigenvalue weighted by molar-refractivity contribution is -0.131. The van der Waals surface area contributed by atoms with Crippen molar-refractivity contribution in [2.75, 3.05) is 0 Å². The monoisotopic (exact) mass is 246 g/mol. The summed E-state index contributed by atoms with van der Waals surface area (Å²) in [6.07, 6.45) is 5.57. The molecule has 1 N–H and O–H groups in total. The molecule has 0 bridgehead atoms. The first kappa shape index (κ1) is 12.0. The van der Waals surface area contributed by atoms with Crippen molar-refractivity contribution in [3.05, 3.63) is 53.9 Å². The van der Waals surface area contributed by atoms with Crippen LogP contribution in [0, 0.1) is 12.7 Å². The molecule has 92 valence electrons. The van der Waals surface area contributed by atoms with Gasteiger partial charge in [0.1, 0.15) is 11.6 Å². The molecule has 1 aromatic carbocycles. The Morgan fingerprint density at radius 1 is 1.50 bits per heavy atom. The third-order valence-corrected chi connectivity index (χ3v) is 2.48. The summed E-state index contributed by atoms with van der Waals surface area (Å²) in [6.45, 7) is 1.78. The molecule has 1 heterocycles. The number of carboxylic acid groups (broad SMARTS) is 1. The summed E-state index contributed by atoms with van der Waals surface area (Å²) >= 11 is 0. The van der Waals surface area contributed by atoms with Gasteiger partial charge in [-0.1, -0.05) is 6.07 Å². The van der Waals surface area contributed by atoms with Gasteiger partial charge in [-0.15, -0.1) is 0 Å². The fourth-order valence-corrected chi connectivity index (χ4v) is 1.62. The average Bonchev–Trinajstić information content (AvgIpc) is 2.73. The molecule has 2 rings (SSSR count). The molecular formula is C13H11FN2O2. The lowest BCUT2D eigenvalue weighted by atomic mass is 10.2. The molecule has 0 saturated heterocycles. The zero-order valence-electron chi connectivity index (χ0n) is 9.67. The molecule has 0 spiro atoms. The summed E-state index contributed by atoms with van der Waals surface area (Å²) in [6, 6.07) is 4.52. The Balaban J connectivity index is 2.37. The Kier molecular flexibility index (Phi) is 3.23. The van der Waals surface area contributed by atoms with Crippen molar-refractivity contribution in [3.63, 3.8) is 0 Å². The number of nitrogens with zero attached hydrogens (tertiary/aromatic N) is 2. The number of imidazole rings is 1. The lowest BCUT2D eigenvalue weighted by Crippen LogP contribution is -1.99. The number of halogens is 1. The highest BCUT2D eigenvalue weighted by molar-refractivity contribution is 5.85. The van der Waals surface area contributed by atoms with Crippen LogP contribution in [0.1, 0.15) is 11.4 Å². The molecular weight excluding hydrogens is 235 g/mol. The van der Waals surface area contributed by atoms with Crippen LogP contribution in [0.25, 0.3) is 11.8 Å². The molecule has 18 heavy (non-hydrogen) atoms. The predicted octanol–water partition coefficient (Wildman–Crippen LogP) is 2.42. The number of benzene rings is 1. The van der Waals surface area contributed by atoms with Crippen molar-refractivity contribution in [1.82, 2.24) is 9.55 Å². The van der Waals surface area contributed by atoms with Gasteiger partial charge < -0.3 is 9.67 Å². The van der Waals surface area contributed by atoms with Crippen LogP contribution in [0.5, 0.6) is 0 Å². The van der Waals surface area contributed by atoms with E-state index in [1.807, 2.05) is 0 Å². The van der Waals surface area contributed by atoms with Crippen LogP contribution in [0.4, 0.5) is 4.39 Å². The maximum absolute atomic E-state index is 13.9. The minimum atomic E-state index is -1.06. The van der Waals surface area contributed by atoms with Crippen LogP contribution in [0.15, 0.2) is 36.7 Å². The number of hydrogen-bond acceptors (Lipinski definition) is 2. The van der Waals surface area contributed by atoms with E-state index in [-0.39, 0.29) is 0 Å². The molecule has 0 atom stereocenters. The number of carbonyl (C=O) groups is 1. The first-order chi connectivity index (χ1) is 8.58. The summed E-state index contributed by atoms with van der Waals surface area (Å²) < 4.78 is 15.5. The molecule has 0 saturated carbocycles. The number of hydrogen-bond donors (Lipinski definition) is 1. The zero-order chi connectivity index (χ0) is 13.1. The van der Waals surface area contributed by atoms with Gasteiger partial charge in [0, 0.05) is 18.5 Å². The van der Waals surface area contributed by atoms with Crippen molar-refractivity contribution in [2.45, 2.75) is 6.92 Å². The Morgan fingerprint density at radius 2 is 2.28 bits per heavy atom. The molecule has 0 aliphatic carbocycles. The minimum Gasteiger partial charge on any atom is -0.478 e. The van der Waals surface area contributed by atoms with Crippen LogP contribution in [-0.4, -0.2) is 20.6 Å². The summed E-state index contributed by atoms with van der Waals surface area (Å²) in [7, 11) is 0. The van der Waals surface area contributed by atoms with Crippen LogP contribution < -0.4 is 0 Å². The maximum Gasteiger partial charge on any atom is 0.328 e. The summed E-state index contributed by atoms with van der Waals surface area (Å²) in [5.74, 6) is -0.809. The lowest BCUT2D eigenvalue weighted by Gasteiger charge is -2.06. The van der Waals surface area contributed by atoms with Gasteiger partial charge in [-0.25, -0.2) is 14.2 Å². The number of rotatable bonds is 3. The van der Waals surface area contributed by atoms with E-state index in [0.717, 1.165) is 6.08 Å². The predicted molar refractivity (Wildman–Crippen MR) is 64.9 cm³/mol. The number of aromatic nitrogens is 2. The molecule has 4 nitrogen and oxygen atoms in total. The average molecular weight is 246 g/mol. The van der Waals surface area contributed by atoms with Crippen LogP contribution in [0.2, 0.25) is 0 Å². The fraction of sp³-hybridized carbons (Fsp3) is 0.0769. The Labute approximate surface area is 103 Å². The zero-order valence-corrected chi connectivity index (χ0v) is 9.67. The van der Waals surface area contributed by atoms with E-state index in [4.69, 9.17) is 5.11 Å². The van der Waals surface area contributed by atoms with Gasteiger partial charge in [0.05, 0.1) is 5.69 Å². The smallest absolute Gasteiger partial charge is 0.328 e. The molecule has 0 amide bonds. The van der Waals surface area contributed by atoms with E-state index in [1.54, 1.807) is 36.0 Å². The van der Waals surface area contributed by atoms with Crippen molar-refractivity contribution >= 4 is 12.0 Å². The molecule has 5 heteroatoms. The first-order valence-electron chi connectivity index (χ1n) is 5.29. The van der Waals surface area contributed by atoms with E-state index in [0.29, 0.717) is 17.1 Å². The second-order valence-electron chi connectivity index (χ2n) is 3.73. The second kappa shape index (κ2) is 4.83. The SMILES string of the molecule is Cc1nccn1-c1ccc(/C=C/C(=O)O)cc1F. The molecule has 0 radical (unpaired) electrons. The summed E-state index contributed by atoms with van der Waals surface area (Å²) in [4.78, 5) is 14.4. The normalized spacial score (nSPS) is 11.0. The highest BCUT2D eigenvalue weighted by Crippen LogP contribution is 2.17. The van der Waals surface area contributed by atoms with Crippen molar-refractivity contribution < 1.29 is 14.3 Å². The van der Waals surface area contributed by atoms with Gasteiger partial charge in [-0.2, -0.15) is 0 Å². The third kappa shape index (κ3) is 2.45. The fourth-order valence-electron chi connectivity index (χ4n) is 1.62. The quantitative estimate of drug-likeness (QED) is 0.846. The number of carboxylic acids is 1. The van der Waals surface area contributed by atoms with E-state index in [9.17, 15) is 9.18 Å². The van der Waals surface area contributed by atoms with Gasteiger partial charge >= 0.3 is 5.97 Å². The van der Waals surface area contributed by atoms with Gasteiger partial charge in [-0.05, 0) is 30.7 Å². The van der Waals surface area contributed by atoms with Crippen molar-refractivity contribution in [1.29, 1.82) is 0 Å². The number of aryl methyl sites for hydroxylation is 1. The maximum atomic E-state index is 13.9. The molecule has 2 aromatic rings. The topological polar surface area (TPSA) is 55.1 Å².